The average Bonchev–Trinajstić information content (AvgIpc) is 2.56. The number of hydrogen-bond acceptors (Lipinski definition) is 2. The van der Waals surface area contributed by atoms with Crippen molar-refractivity contribution in [3.05, 3.63) is 48.0 Å². The molecule has 0 spiro atoms. The van der Waals surface area contributed by atoms with Crippen molar-refractivity contribution in [2.45, 2.75) is 38.4 Å². The van der Waals surface area contributed by atoms with Gasteiger partial charge >= 0.3 is 6.18 Å². The third-order valence-corrected chi connectivity index (χ3v) is 3.78. The number of fused-ring (bicyclic) bond motifs is 1. The molecule has 0 unspecified atom stereocenters. The van der Waals surface area contributed by atoms with Gasteiger partial charge in [0, 0.05) is 6.42 Å². The lowest BCUT2D eigenvalue weighted by atomic mass is 10.00. The third-order valence-electron chi connectivity index (χ3n) is 3.78. The van der Waals surface area contributed by atoms with Crippen molar-refractivity contribution in [1.82, 2.24) is 5.32 Å². The fourth-order valence-electron chi connectivity index (χ4n) is 2.45. The quantitative estimate of drug-likeness (QED) is 0.798. The van der Waals surface area contributed by atoms with E-state index in [-0.39, 0.29) is 0 Å². The molecule has 0 aliphatic carbocycles. The SMILES string of the molecule is CC[C@@H](NC(=O)C(=O)CCC(F)(F)F)c1ccc2ccccc2c1. The summed E-state index contributed by atoms with van der Waals surface area (Å²) in [7, 11) is 0. The fraction of sp³-hybridized carbons (Fsp3) is 0.333. The summed E-state index contributed by atoms with van der Waals surface area (Å²) < 4.78 is 36.4. The molecule has 0 radical (unpaired) electrons. The molecule has 0 saturated heterocycles. The number of ketones is 1. The van der Waals surface area contributed by atoms with Gasteiger partial charge < -0.3 is 5.32 Å². The van der Waals surface area contributed by atoms with Crippen LogP contribution in [0.3, 0.4) is 0 Å². The van der Waals surface area contributed by atoms with Crippen molar-refractivity contribution in [3.8, 4) is 0 Å². The van der Waals surface area contributed by atoms with Gasteiger partial charge in [-0.1, -0.05) is 43.3 Å². The standard InChI is InChI=1S/C18H18F3NO2/c1-2-15(22-17(24)16(23)9-10-18(19,20)21)14-8-7-12-5-3-4-6-13(12)11-14/h3-8,11,15H,2,9-10H2,1H3,(H,22,24)/t15-/m1/s1. The highest BCUT2D eigenvalue weighted by atomic mass is 19.4. The van der Waals surface area contributed by atoms with Crippen LogP contribution in [0.2, 0.25) is 0 Å². The number of amides is 1. The molecular formula is C18H18F3NO2. The number of rotatable bonds is 6. The van der Waals surface area contributed by atoms with E-state index in [0.717, 1.165) is 16.3 Å². The van der Waals surface area contributed by atoms with Crippen LogP contribution in [0.25, 0.3) is 10.8 Å². The van der Waals surface area contributed by atoms with E-state index in [4.69, 9.17) is 0 Å². The summed E-state index contributed by atoms with van der Waals surface area (Å²) in [6.07, 6.45) is -6.04. The van der Waals surface area contributed by atoms with Gasteiger partial charge in [0.1, 0.15) is 0 Å². The highest BCUT2D eigenvalue weighted by molar-refractivity contribution is 6.36. The first kappa shape index (κ1) is 18.0. The minimum atomic E-state index is -4.45. The van der Waals surface area contributed by atoms with E-state index in [1.54, 1.807) is 0 Å². The second kappa shape index (κ2) is 7.47. The van der Waals surface area contributed by atoms with E-state index in [2.05, 4.69) is 5.32 Å². The largest absolute Gasteiger partial charge is 0.389 e. The molecule has 6 heteroatoms. The van der Waals surface area contributed by atoms with Gasteiger partial charge in [-0.3, -0.25) is 9.59 Å². The van der Waals surface area contributed by atoms with Gasteiger partial charge in [0.05, 0.1) is 12.5 Å². The van der Waals surface area contributed by atoms with Crippen LogP contribution < -0.4 is 5.32 Å². The van der Waals surface area contributed by atoms with Gasteiger partial charge in [-0.15, -0.1) is 0 Å². The lowest BCUT2D eigenvalue weighted by molar-refractivity contribution is -0.148. The average molecular weight is 337 g/mol. The Balaban J connectivity index is 2.07. The number of halogens is 3. The number of carbonyl (C=O) groups excluding carboxylic acids is 2. The Bertz CT molecular complexity index is 740. The van der Waals surface area contributed by atoms with Crippen LogP contribution in [0.15, 0.2) is 42.5 Å². The molecule has 24 heavy (non-hydrogen) atoms. The molecule has 2 rings (SSSR count). The monoisotopic (exact) mass is 337 g/mol. The molecule has 3 nitrogen and oxygen atoms in total. The number of benzene rings is 2. The van der Waals surface area contributed by atoms with E-state index in [0.29, 0.717) is 6.42 Å². The van der Waals surface area contributed by atoms with Crippen LogP contribution in [0.5, 0.6) is 0 Å². The first-order valence-electron chi connectivity index (χ1n) is 7.69. The molecule has 1 atom stereocenters. The molecule has 2 aromatic carbocycles. The minimum absolute atomic E-state index is 0.419. The predicted molar refractivity (Wildman–Crippen MR) is 85.4 cm³/mol. The van der Waals surface area contributed by atoms with Crippen LogP contribution in [0, 0.1) is 0 Å². The number of carbonyl (C=O) groups is 2. The highest BCUT2D eigenvalue weighted by Crippen LogP contribution is 2.23. The molecule has 0 bridgehead atoms. The lowest BCUT2D eigenvalue weighted by Crippen LogP contribution is -2.34. The summed E-state index contributed by atoms with van der Waals surface area (Å²) in [6.45, 7) is 1.83. The first-order chi connectivity index (χ1) is 11.3. The molecule has 0 heterocycles. The van der Waals surface area contributed by atoms with Gasteiger partial charge in [0.2, 0.25) is 5.78 Å². The van der Waals surface area contributed by atoms with Crippen molar-refractivity contribution < 1.29 is 22.8 Å². The van der Waals surface area contributed by atoms with Gasteiger partial charge in [-0.2, -0.15) is 13.2 Å². The predicted octanol–water partition coefficient (Wildman–Crippen LogP) is 4.32. The van der Waals surface area contributed by atoms with Crippen molar-refractivity contribution in [3.63, 3.8) is 0 Å². The second-order valence-corrected chi connectivity index (χ2v) is 5.58. The summed E-state index contributed by atoms with van der Waals surface area (Å²) in [5.41, 5.74) is 0.813. The Morgan fingerprint density at radius 1 is 1.08 bits per heavy atom. The Morgan fingerprint density at radius 2 is 1.75 bits per heavy atom. The number of hydrogen-bond donors (Lipinski definition) is 1. The molecular weight excluding hydrogens is 319 g/mol. The molecule has 1 N–H and O–H groups in total. The van der Waals surface area contributed by atoms with Crippen LogP contribution in [-0.2, 0) is 9.59 Å². The van der Waals surface area contributed by atoms with E-state index in [1.807, 2.05) is 49.4 Å². The van der Waals surface area contributed by atoms with E-state index >= 15 is 0 Å². The smallest absolute Gasteiger partial charge is 0.343 e. The molecule has 0 aliphatic heterocycles. The van der Waals surface area contributed by atoms with Gasteiger partial charge in [-0.05, 0) is 28.8 Å². The normalized spacial score (nSPS) is 12.8. The van der Waals surface area contributed by atoms with Crippen LogP contribution in [0.4, 0.5) is 13.2 Å². The molecule has 2 aromatic rings. The van der Waals surface area contributed by atoms with Crippen LogP contribution in [-0.4, -0.2) is 17.9 Å². The lowest BCUT2D eigenvalue weighted by Gasteiger charge is -2.18. The topological polar surface area (TPSA) is 46.2 Å². The Labute approximate surface area is 137 Å². The molecule has 0 aliphatic rings. The van der Waals surface area contributed by atoms with Gasteiger partial charge in [0.25, 0.3) is 5.91 Å². The number of Topliss-reactive ketones (excluding diaryl/α,β-unsaturated/α-hetero) is 1. The van der Waals surface area contributed by atoms with Crippen molar-refractivity contribution in [1.29, 1.82) is 0 Å². The Hall–Kier alpha value is -2.37. The zero-order chi connectivity index (χ0) is 17.7. The number of alkyl halides is 3. The van der Waals surface area contributed by atoms with Gasteiger partial charge in [0.15, 0.2) is 0 Å². The van der Waals surface area contributed by atoms with E-state index in [1.165, 1.54) is 0 Å². The highest BCUT2D eigenvalue weighted by Gasteiger charge is 2.30. The zero-order valence-corrected chi connectivity index (χ0v) is 13.2. The summed E-state index contributed by atoms with van der Waals surface area (Å²) in [5, 5.41) is 4.56. The van der Waals surface area contributed by atoms with E-state index < -0.39 is 36.8 Å². The fourth-order valence-corrected chi connectivity index (χ4v) is 2.45. The molecule has 0 fully saturated rings. The van der Waals surface area contributed by atoms with Crippen molar-refractivity contribution >= 4 is 22.5 Å². The van der Waals surface area contributed by atoms with Crippen molar-refractivity contribution in [2.75, 3.05) is 0 Å². The maximum Gasteiger partial charge on any atom is 0.389 e. The maximum absolute atomic E-state index is 12.1. The Morgan fingerprint density at radius 3 is 2.38 bits per heavy atom. The Kier molecular flexibility index (Phi) is 5.59. The molecule has 1 amide bonds. The molecule has 0 saturated carbocycles. The summed E-state index contributed by atoms with van der Waals surface area (Å²) in [6, 6.07) is 12.9. The number of nitrogens with one attached hydrogen (secondary N) is 1. The molecule has 0 aromatic heterocycles. The zero-order valence-electron chi connectivity index (χ0n) is 13.2. The van der Waals surface area contributed by atoms with Crippen LogP contribution in [0.1, 0.15) is 37.8 Å². The third kappa shape index (κ3) is 4.81. The summed E-state index contributed by atoms with van der Waals surface area (Å²) >= 11 is 0. The van der Waals surface area contributed by atoms with Crippen molar-refractivity contribution in [2.24, 2.45) is 0 Å². The summed E-state index contributed by atoms with van der Waals surface area (Å²) in [5.74, 6) is -2.02. The minimum Gasteiger partial charge on any atom is -0.343 e. The van der Waals surface area contributed by atoms with Gasteiger partial charge in [-0.25, -0.2) is 0 Å². The second-order valence-electron chi connectivity index (χ2n) is 5.58. The van der Waals surface area contributed by atoms with E-state index in [9.17, 15) is 22.8 Å². The maximum atomic E-state index is 12.1. The molecule has 128 valence electrons. The summed E-state index contributed by atoms with van der Waals surface area (Å²) in [4.78, 5) is 23.4. The first-order valence-corrected chi connectivity index (χ1v) is 7.69. The van der Waals surface area contributed by atoms with Crippen LogP contribution >= 0.6 is 0 Å².